The lowest BCUT2D eigenvalue weighted by Crippen LogP contribution is -2.62. The number of carbonyl (C=O) groups excluding carboxylic acids is 5. The summed E-state index contributed by atoms with van der Waals surface area (Å²) in [5, 5.41) is 39.1. The molecule has 0 unspecified atom stereocenters. The van der Waals surface area contributed by atoms with Gasteiger partial charge in [0, 0.05) is 18.9 Å². The van der Waals surface area contributed by atoms with Crippen LogP contribution in [0.15, 0.2) is 30.3 Å². The summed E-state index contributed by atoms with van der Waals surface area (Å²) >= 11 is 0. The Balaban J connectivity index is 3.60. The van der Waals surface area contributed by atoms with E-state index in [-0.39, 0.29) is 49.3 Å². The van der Waals surface area contributed by atoms with Crippen LogP contribution in [0.2, 0.25) is 0 Å². The van der Waals surface area contributed by atoms with Gasteiger partial charge in [-0.25, -0.2) is 0 Å². The molecule has 0 aliphatic carbocycles. The van der Waals surface area contributed by atoms with E-state index >= 15 is 0 Å². The molecule has 0 saturated carbocycles. The third kappa shape index (κ3) is 17.7. The van der Waals surface area contributed by atoms with E-state index in [1.54, 1.807) is 12.1 Å². The molecule has 0 aromatic heterocycles. The highest BCUT2D eigenvalue weighted by Gasteiger charge is 2.41. The van der Waals surface area contributed by atoms with Crippen molar-refractivity contribution < 1.29 is 44.1 Å². The van der Waals surface area contributed by atoms with Crippen molar-refractivity contribution in [1.29, 1.82) is 0 Å². The molecule has 1 rings (SSSR count). The first-order valence-corrected chi connectivity index (χ1v) is 18.9. The Bertz CT molecular complexity index is 1320. The number of amides is 5. The van der Waals surface area contributed by atoms with E-state index in [0.29, 0.717) is 19.3 Å². The summed E-state index contributed by atoms with van der Waals surface area (Å²) in [5.41, 5.74) is 6.80. The molecule has 14 heteroatoms. The highest BCUT2D eigenvalue weighted by molar-refractivity contribution is 6.00. The molecule has 0 radical (unpaired) electrons. The Hall–Kier alpha value is -3.88. The number of rotatable bonds is 24. The van der Waals surface area contributed by atoms with Crippen molar-refractivity contribution in [3.63, 3.8) is 0 Å². The number of nitrogens with one attached hydrogen (secondary N) is 3. The highest BCUT2D eigenvalue weighted by Crippen LogP contribution is 2.23. The zero-order chi connectivity index (χ0) is 40.4. The van der Waals surface area contributed by atoms with Gasteiger partial charge in [-0.05, 0) is 49.5 Å². The van der Waals surface area contributed by atoms with E-state index in [1.165, 1.54) is 6.92 Å². The fraction of sp³-hybridized carbons (Fsp3) is 0.692. The minimum atomic E-state index is -1.61. The average Bonchev–Trinajstić information content (AvgIpc) is 3.04. The second-order valence-corrected chi connectivity index (χ2v) is 15.4. The Labute approximate surface area is 315 Å². The molecule has 300 valence electrons. The van der Waals surface area contributed by atoms with Crippen molar-refractivity contribution in [2.45, 2.75) is 156 Å². The average molecular weight is 748 g/mol. The first-order valence-electron chi connectivity index (χ1n) is 18.9. The first kappa shape index (κ1) is 47.1. The van der Waals surface area contributed by atoms with Gasteiger partial charge in [0.2, 0.25) is 29.5 Å². The molecule has 5 amide bonds. The Morgan fingerprint density at radius 2 is 1.34 bits per heavy atom. The van der Waals surface area contributed by atoms with Crippen LogP contribution in [-0.4, -0.2) is 98.1 Å². The Morgan fingerprint density at radius 3 is 1.87 bits per heavy atom. The predicted octanol–water partition coefficient (Wildman–Crippen LogP) is 2.67. The van der Waals surface area contributed by atoms with Crippen LogP contribution >= 0.6 is 0 Å². The number of carbonyl (C=O) groups is 6. The lowest BCUT2D eigenvalue weighted by molar-refractivity contribution is -0.152. The van der Waals surface area contributed by atoms with Crippen LogP contribution in [0, 0.1) is 17.8 Å². The van der Waals surface area contributed by atoms with Crippen LogP contribution in [0.1, 0.15) is 112 Å². The molecule has 14 nitrogen and oxygen atoms in total. The molecular weight excluding hydrogens is 682 g/mol. The molecule has 53 heavy (non-hydrogen) atoms. The van der Waals surface area contributed by atoms with Crippen molar-refractivity contribution >= 4 is 35.5 Å². The number of unbranched alkanes of at least 4 members (excludes halogenated alkanes) is 1. The molecule has 8 N–H and O–H groups in total. The SMILES string of the molecule is CCCC[C@H](NC(=O)[C@H](Cc1ccccc1)NC(=O)CC(C)C)C(=O)N([C@@H](C)C(=O)NC(=O)C[C@H](O)[C@@H](N)CC(C)C)[C@@H](CC(C)C)[C@@H](O)CC(=O)O. The summed E-state index contributed by atoms with van der Waals surface area (Å²) in [6, 6.07) is 3.44. The van der Waals surface area contributed by atoms with Crippen LogP contribution in [0.4, 0.5) is 0 Å². The number of imide groups is 1. The van der Waals surface area contributed by atoms with Crippen molar-refractivity contribution in [1.82, 2.24) is 20.9 Å². The lowest BCUT2D eigenvalue weighted by atomic mass is 9.93. The molecule has 1 aromatic carbocycles. The fourth-order valence-corrected chi connectivity index (χ4v) is 6.16. The molecule has 0 aliphatic rings. The molecule has 0 saturated heterocycles. The number of aliphatic carboxylic acids is 1. The minimum absolute atomic E-state index is 0.0255. The standard InChI is InChI=1S/C39H65N5O9/c1-9-10-16-29(42-38(52)30(41-34(47)19-25(6)7)20-27-14-12-11-13-15-27)39(53)44(31(18-24(4)5)33(46)22-36(49)50)26(8)37(51)43-35(48)21-32(45)28(40)17-23(2)3/h11-15,23-26,28-33,45-46H,9-10,16-22,40H2,1-8H3,(H,41,47)(H,42,52)(H,49,50)(H,43,48,51)/t26-,28-,29-,30-,31-,32-,33-/m0/s1. The summed E-state index contributed by atoms with van der Waals surface area (Å²) in [6.07, 6.45) is -1.96. The minimum Gasteiger partial charge on any atom is -0.481 e. The summed E-state index contributed by atoms with van der Waals surface area (Å²) in [5.74, 6) is -4.81. The van der Waals surface area contributed by atoms with Crippen LogP contribution in [0.5, 0.6) is 0 Å². The maximum absolute atomic E-state index is 14.7. The van der Waals surface area contributed by atoms with Crippen molar-refractivity contribution in [3.8, 4) is 0 Å². The van der Waals surface area contributed by atoms with Gasteiger partial charge >= 0.3 is 5.97 Å². The number of carboxylic acid groups (broad SMARTS) is 1. The summed E-state index contributed by atoms with van der Waals surface area (Å²) in [4.78, 5) is 81.0. The van der Waals surface area contributed by atoms with E-state index in [1.807, 2.05) is 66.7 Å². The Kier molecular flexibility index (Phi) is 21.1. The van der Waals surface area contributed by atoms with Crippen LogP contribution in [0.25, 0.3) is 0 Å². The van der Waals surface area contributed by atoms with Crippen molar-refractivity contribution in [3.05, 3.63) is 35.9 Å². The number of nitrogens with zero attached hydrogens (tertiary/aromatic N) is 1. The quantitative estimate of drug-likeness (QED) is 0.0818. The number of aliphatic hydroxyl groups is 2. The number of hydrogen-bond donors (Lipinski definition) is 7. The summed E-state index contributed by atoms with van der Waals surface area (Å²) in [7, 11) is 0. The second kappa shape index (κ2) is 23.7. The van der Waals surface area contributed by atoms with Gasteiger partial charge in [-0.3, -0.25) is 34.1 Å². The number of carboxylic acids is 1. The van der Waals surface area contributed by atoms with Crippen LogP contribution in [-0.2, 0) is 35.2 Å². The Morgan fingerprint density at radius 1 is 0.736 bits per heavy atom. The third-order valence-corrected chi connectivity index (χ3v) is 8.83. The number of nitrogens with two attached hydrogens (primary N) is 1. The van der Waals surface area contributed by atoms with E-state index in [0.717, 1.165) is 10.5 Å². The third-order valence-electron chi connectivity index (χ3n) is 8.83. The van der Waals surface area contributed by atoms with Crippen LogP contribution < -0.4 is 21.7 Å². The first-order chi connectivity index (χ1) is 24.8. The van der Waals surface area contributed by atoms with E-state index in [4.69, 9.17) is 5.73 Å². The molecule has 0 heterocycles. The topological polar surface area (TPSA) is 228 Å². The number of aliphatic hydroxyl groups excluding tert-OH is 2. The molecule has 1 aromatic rings. The van der Waals surface area contributed by atoms with Gasteiger partial charge in [-0.15, -0.1) is 0 Å². The van der Waals surface area contributed by atoms with E-state index in [2.05, 4.69) is 16.0 Å². The smallest absolute Gasteiger partial charge is 0.306 e. The second-order valence-electron chi connectivity index (χ2n) is 15.4. The van der Waals surface area contributed by atoms with Gasteiger partial charge in [0.05, 0.1) is 31.1 Å². The zero-order valence-electron chi connectivity index (χ0n) is 32.8. The zero-order valence-corrected chi connectivity index (χ0v) is 32.8. The number of hydrogen-bond acceptors (Lipinski definition) is 9. The van der Waals surface area contributed by atoms with Crippen molar-refractivity contribution in [2.24, 2.45) is 23.5 Å². The molecular formula is C39H65N5O9. The van der Waals surface area contributed by atoms with E-state index < -0.39 is 84.9 Å². The van der Waals surface area contributed by atoms with Crippen LogP contribution in [0.3, 0.4) is 0 Å². The van der Waals surface area contributed by atoms with Gasteiger partial charge in [0.15, 0.2) is 0 Å². The molecule has 0 fully saturated rings. The van der Waals surface area contributed by atoms with Gasteiger partial charge in [0.1, 0.15) is 18.1 Å². The molecule has 7 atom stereocenters. The van der Waals surface area contributed by atoms with Gasteiger partial charge in [-0.2, -0.15) is 0 Å². The van der Waals surface area contributed by atoms with Gasteiger partial charge in [0.25, 0.3) is 0 Å². The summed E-state index contributed by atoms with van der Waals surface area (Å²) in [6.45, 7) is 14.4. The monoisotopic (exact) mass is 747 g/mol. The predicted molar refractivity (Wildman–Crippen MR) is 202 cm³/mol. The normalized spacial score (nSPS) is 15.5. The molecule has 0 spiro atoms. The highest BCUT2D eigenvalue weighted by atomic mass is 16.4. The summed E-state index contributed by atoms with van der Waals surface area (Å²) < 4.78 is 0. The largest absolute Gasteiger partial charge is 0.481 e. The van der Waals surface area contributed by atoms with E-state index in [9.17, 15) is 44.1 Å². The lowest BCUT2D eigenvalue weighted by Gasteiger charge is -2.41. The van der Waals surface area contributed by atoms with Gasteiger partial charge < -0.3 is 36.6 Å². The maximum Gasteiger partial charge on any atom is 0.306 e. The van der Waals surface area contributed by atoms with Crippen molar-refractivity contribution in [2.75, 3.05) is 0 Å². The molecule has 0 bridgehead atoms. The fourth-order valence-electron chi connectivity index (χ4n) is 6.16. The number of benzene rings is 1. The molecule has 0 aliphatic heterocycles. The van der Waals surface area contributed by atoms with Gasteiger partial charge in [-0.1, -0.05) is 91.6 Å². The maximum atomic E-state index is 14.7.